The Morgan fingerprint density at radius 3 is 2.10 bits per heavy atom. The van der Waals surface area contributed by atoms with Crippen molar-refractivity contribution in [3.63, 3.8) is 0 Å². The van der Waals surface area contributed by atoms with E-state index in [4.69, 9.17) is 0 Å². The first-order valence-electron chi connectivity index (χ1n) is 15.9. The Bertz CT molecular complexity index is 2080. The van der Waals surface area contributed by atoms with E-state index < -0.39 is 0 Å². The summed E-state index contributed by atoms with van der Waals surface area (Å²) in [4.78, 5) is 0. The predicted octanol–water partition coefficient (Wildman–Crippen LogP) is 11.7. The fourth-order valence-corrected chi connectivity index (χ4v) is 9.05. The first-order valence-corrected chi connectivity index (χ1v) is 15.9. The molecule has 0 N–H and O–H groups in total. The first kappa shape index (κ1) is 24.4. The van der Waals surface area contributed by atoms with Crippen LogP contribution in [0.25, 0.3) is 54.9 Å². The van der Waals surface area contributed by atoms with Gasteiger partial charge in [-0.1, -0.05) is 119 Å². The van der Waals surface area contributed by atoms with Gasteiger partial charge in [0.1, 0.15) is 0 Å². The Kier molecular flexibility index (Phi) is 5.05. The third-order valence-electron chi connectivity index (χ3n) is 10.6. The van der Waals surface area contributed by atoms with Crippen LogP contribution < -0.4 is 0 Å². The standard InChI is InChI=1S/C42H36/c1-23(2)36-35-22-34-28-15-9-8-14-27(28)30-17-11-18-31(39(30)34)40(35)37(24(3)4)42-32-19-10-16-29-26(25-12-6-5-7-13-25)20-21-33(38(29)32)41(36)42/h5-6,8-12,14-24,29,38H,7,13H2,1-4H3. The van der Waals surface area contributed by atoms with Crippen LogP contribution in [-0.4, -0.2) is 0 Å². The van der Waals surface area contributed by atoms with E-state index in [1.165, 1.54) is 71.6 Å². The highest BCUT2D eigenvalue weighted by Gasteiger charge is 2.44. The van der Waals surface area contributed by atoms with Gasteiger partial charge in [0.05, 0.1) is 0 Å². The molecule has 0 aliphatic heterocycles. The summed E-state index contributed by atoms with van der Waals surface area (Å²) in [5.41, 5.74) is 17.8. The molecule has 0 bridgehead atoms. The van der Waals surface area contributed by atoms with E-state index >= 15 is 0 Å². The number of hydrogen-bond acceptors (Lipinski definition) is 0. The van der Waals surface area contributed by atoms with Crippen molar-refractivity contribution in [2.75, 3.05) is 0 Å². The van der Waals surface area contributed by atoms with Crippen molar-refractivity contribution in [2.24, 2.45) is 11.8 Å². The number of hydrogen-bond donors (Lipinski definition) is 0. The molecular weight excluding hydrogens is 504 g/mol. The molecule has 0 saturated carbocycles. The van der Waals surface area contributed by atoms with Crippen LogP contribution in [-0.2, 0) is 0 Å². The van der Waals surface area contributed by atoms with Gasteiger partial charge in [-0.25, -0.2) is 0 Å². The summed E-state index contributed by atoms with van der Waals surface area (Å²) < 4.78 is 0. The van der Waals surface area contributed by atoms with Gasteiger partial charge in [0.25, 0.3) is 0 Å². The molecule has 0 fully saturated rings. The van der Waals surface area contributed by atoms with E-state index in [9.17, 15) is 0 Å². The van der Waals surface area contributed by atoms with Gasteiger partial charge in [0, 0.05) is 11.8 Å². The fourth-order valence-electron chi connectivity index (χ4n) is 9.05. The largest absolute Gasteiger partial charge is 0.0842 e. The fraction of sp³-hybridized carbons (Fsp3) is 0.238. The molecule has 9 rings (SSSR count). The van der Waals surface area contributed by atoms with E-state index in [-0.39, 0.29) is 0 Å². The summed E-state index contributed by atoms with van der Waals surface area (Å²) in [5.74, 6) is 1.63. The molecule has 0 saturated heterocycles. The second-order valence-electron chi connectivity index (χ2n) is 13.4. The van der Waals surface area contributed by atoms with Crippen molar-refractivity contribution in [1.29, 1.82) is 0 Å². The average Bonchev–Trinajstić information content (AvgIpc) is 3.51. The molecule has 5 aliphatic rings. The maximum absolute atomic E-state index is 2.57. The summed E-state index contributed by atoms with van der Waals surface area (Å²) in [7, 11) is 0. The maximum atomic E-state index is 2.57. The quantitative estimate of drug-likeness (QED) is 0.200. The third-order valence-corrected chi connectivity index (χ3v) is 10.6. The second kappa shape index (κ2) is 8.68. The number of benzene rings is 4. The molecule has 5 aliphatic carbocycles. The van der Waals surface area contributed by atoms with Crippen LogP contribution in [0, 0.1) is 11.8 Å². The molecule has 0 heterocycles. The molecule has 0 radical (unpaired) electrons. The van der Waals surface area contributed by atoms with Crippen molar-refractivity contribution in [2.45, 2.75) is 52.4 Å². The highest BCUT2D eigenvalue weighted by atomic mass is 14.5. The molecule has 2 atom stereocenters. The number of rotatable bonds is 3. The topological polar surface area (TPSA) is 0 Å². The Morgan fingerprint density at radius 1 is 0.619 bits per heavy atom. The van der Waals surface area contributed by atoms with E-state index in [1.54, 1.807) is 16.7 Å². The monoisotopic (exact) mass is 540 g/mol. The molecule has 0 nitrogen and oxygen atoms in total. The highest BCUT2D eigenvalue weighted by molar-refractivity contribution is 6.26. The van der Waals surface area contributed by atoms with E-state index in [1.807, 2.05) is 0 Å². The Hall–Kier alpha value is -4.16. The average molecular weight is 541 g/mol. The second-order valence-corrected chi connectivity index (χ2v) is 13.4. The van der Waals surface area contributed by atoms with Crippen LogP contribution in [0.1, 0.15) is 74.6 Å². The summed E-state index contributed by atoms with van der Waals surface area (Å²) in [6.07, 6.45) is 21.5. The van der Waals surface area contributed by atoms with E-state index in [0.29, 0.717) is 23.7 Å². The van der Waals surface area contributed by atoms with Crippen LogP contribution in [0.4, 0.5) is 0 Å². The van der Waals surface area contributed by atoms with Crippen LogP contribution in [0.3, 0.4) is 0 Å². The molecule has 4 aromatic rings. The summed E-state index contributed by atoms with van der Waals surface area (Å²) >= 11 is 0. The number of allylic oxidation sites excluding steroid dienone is 12. The summed E-state index contributed by atoms with van der Waals surface area (Å²) in [5, 5.41) is 5.81. The molecule has 204 valence electrons. The van der Waals surface area contributed by atoms with Gasteiger partial charge in [-0.05, 0) is 119 Å². The van der Waals surface area contributed by atoms with E-state index in [2.05, 4.69) is 125 Å². The molecule has 4 aromatic carbocycles. The van der Waals surface area contributed by atoms with Crippen LogP contribution in [0.15, 0.2) is 108 Å². The third kappa shape index (κ3) is 3.03. The van der Waals surface area contributed by atoms with Gasteiger partial charge in [-0.3, -0.25) is 0 Å². The molecule has 2 unspecified atom stereocenters. The first-order chi connectivity index (χ1) is 20.5. The molecule has 0 heteroatoms. The van der Waals surface area contributed by atoms with Crippen molar-refractivity contribution in [1.82, 2.24) is 0 Å². The highest BCUT2D eigenvalue weighted by Crippen LogP contribution is 2.61. The minimum atomic E-state index is 0.401. The zero-order valence-corrected chi connectivity index (χ0v) is 25.0. The van der Waals surface area contributed by atoms with Crippen LogP contribution in [0.2, 0.25) is 0 Å². The summed E-state index contributed by atoms with van der Waals surface area (Å²) in [6.45, 7) is 9.65. The lowest BCUT2D eigenvalue weighted by Crippen LogP contribution is -2.20. The van der Waals surface area contributed by atoms with Gasteiger partial charge in [-0.15, -0.1) is 0 Å². The molecule has 0 spiro atoms. The summed E-state index contributed by atoms with van der Waals surface area (Å²) in [6, 6.07) is 18.6. The van der Waals surface area contributed by atoms with Crippen LogP contribution >= 0.6 is 0 Å². The minimum absolute atomic E-state index is 0.401. The zero-order valence-electron chi connectivity index (χ0n) is 25.0. The maximum Gasteiger partial charge on any atom is 0.0205 e. The van der Waals surface area contributed by atoms with Crippen molar-refractivity contribution < 1.29 is 0 Å². The lowest BCUT2D eigenvalue weighted by Gasteiger charge is -2.33. The van der Waals surface area contributed by atoms with Crippen molar-refractivity contribution >= 4 is 32.7 Å². The van der Waals surface area contributed by atoms with Gasteiger partial charge < -0.3 is 0 Å². The van der Waals surface area contributed by atoms with Gasteiger partial charge in [-0.2, -0.15) is 0 Å². The lowest BCUT2D eigenvalue weighted by molar-refractivity contribution is 0.661. The van der Waals surface area contributed by atoms with Gasteiger partial charge >= 0.3 is 0 Å². The molecule has 0 amide bonds. The Morgan fingerprint density at radius 2 is 1.33 bits per heavy atom. The van der Waals surface area contributed by atoms with Gasteiger partial charge in [0.15, 0.2) is 0 Å². The molecule has 42 heavy (non-hydrogen) atoms. The lowest BCUT2D eigenvalue weighted by atomic mass is 9.70. The predicted molar refractivity (Wildman–Crippen MR) is 181 cm³/mol. The van der Waals surface area contributed by atoms with E-state index in [0.717, 1.165) is 12.8 Å². The van der Waals surface area contributed by atoms with Gasteiger partial charge in [0.2, 0.25) is 0 Å². The van der Waals surface area contributed by atoms with Crippen LogP contribution in [0.5, 0.6) is 0 Å². The minimum Gasteiger partial charge on any atom is -0.0842 e. The Balaban J connectivity index is 1.44. The number of fused-ring (bicyclic) bond motifs is 8. The molecule has 0 aromatic heterocycles. The normalized spacial score (nSPS) is 21.0. The molecular formula is C42H36. The van der Waals surface area contributed by atoms with Crippen molar-refractivity contribution in [3.05, 3.63) is 131 Å². The van der Waals surface area contributed by atoms with Crippen molar-refractivity contribution in [3.8, 4) is 22.3 Å². The smallest absolute Gasteiger partial charge is 0.0205 e. The SMILES string of the molecule is CC(C)c1c2c(c(C(C)C)c3c1cc1c4c(cccc43)-c3ccccc3-1)C1=CC=CC3C(C4=CC=CCC4)=CC=C2C13. The zero-order chi connectivity index (χ0) is 28.3. The Labute approximate surface area is 249 Å².